The van der Waals surface area contributed by atoms with Crippen molar-refractivity contribution in [2.24, 2.45) is 5.73 Å². The number of carbonyl (C=O) groups excluding carboxylic acids is 1. The molecule has 2 N–H and O–H groups in total. The lowest BCUT2D eigenvalue weighted by Crippen LogP contribution is -2.49. The second kappa shape index (κ2) is 5.95. The molecule has 98 valence electrons. The van der Waals surface area contributed by atoms with Gasteiger partial charge in [0.05, 0.1) is 24.9 Å². The van der Waals surface area contributed by atoms with Crippen molar-refractivity contribution in [2.45, 2.75) is 19.4 Å². The lowest BCUT2D eigenvalue weighted by atomic mass is 9.99. The summed E-state index contributed by atoms with van der Waals surface area (Å²) >= 11 is 0. The number of hydrogen-bond acceptors (Lipinski definition) is 4. The maximum Gasteiger partial charge on any atom is 0.268 e. The van der Waals surface area contributed by atoms with Gasteiger partial charge in [0.15, 0.2) is 0 Å². The number of nitrogens with two attached hydrogens (primary N) is 1. The smallest absolute Gasteiger partial charge is 0.268 e. The Labute approximate surface area is 106 Å². The van der Waals surface area contributed by atoms with Gasteiger partial charge in [0, 0.05) is 6.61 Å². The van der Waals surface area contributed by atoms with Gasteiger partial charge >= 0.3 is 0 Å². The molecular weight excluding hydrogens is 232 g/mol. The van der Waals surface area contributed by atoms with Crippen LogP contribution in [0.25, 0.3) is 0 Å². The molecule has 0 aliphatic carbocycles. The maximum atomic E-state index is 12.0. The topological polar surface area (TPSA) is 64.8 Å². The van der Waals surface area contributed by atoms with Crippen molar-refractivity contribution >= 4 is 11.6 Å². The van der Waals surface area contributed by atoms with E-state index in [1.165, 1.54) is 5.06 Å². The molecule has 18 heavy (non-hydrogen) atoms. The summed E-state index contributed by atoms with van der Waals surface area (Å²) in [6.07, 6.45) is 0.556. The lowest BCUT2D eigenvalue weighted by molar-refractivity contribution is -0.128. The van der Waals surface area contributed by atoms with E-state index in [0.717, 1.165) is 11.3 Å². The van der Waals surface area contributed by atoms with Crippen molar-refractivity contribution in [3.63, 3.8) is 0 Å². The fourth-order valence-electron chi connectivity index (χ4n) is 1.94. The first-order valence-corrected chi connectivity index (χ1v) is 6.12. The second-order valence-corrected chi connectivity index (χ2v) is 4.10. The highest BCUT2D eigenvalue weighted by molar-refractivity contribution is 5.98. The number of para-hydroxylation sites is 1. The van der Waals surface area contributed by atoms with E-state index in [0.29, 0.717) is 26.2 Å². The minimum atomic E-state index is -0.535. The van der Waals surface area contributed by atoms with E-state index in [1.807, 2.05) is 31.2 Å². The second-order valence-electron chi connectivity index (χ2n) is 4.10. The van der Waals surface area contributed by atoms with Crippen LogP contribution in [0.2, 0.25) is 0 Å². The molecule has 1 aliphatic heterocycles. The van der Waals surface area contributed by atoms with Crippen LogP contribution >= 0.6 is 0 Å². The molecule has 1 heterocycles. The van der Waals surface area contributed by atoms with E-state index in [1.54, 1.807) is 0 Å². The first-order valence-electron chi connectivity index (χ1n) is 6.12. The van der Waals surface area contributed by atoms with E-state index in [4.69, 9.17) is 15.3 Å². The number of benzene rings is 1. The van der Waals surface area contributed by atoms with Gasteiger partial charge in [0.1, 0.15) is 0 Å². The molecular formula is C13H18N2O3. The van der Waals surface area contributed by atoms with Crippen LogP contribution in [-0.2, 0) is 20.8 Å². The minimum absolute atomic E-state index is 0.204. The monoisotopic (exact) mass is 250 g/mol. The minimum Gasteiger partial charge on any atom is -0.379 e. The summed E-state index contributed by atoms with van der Waals surface area (Å²) in [5.41, 5.74) is 7.62. The third-order valence-electron chi connectivity index (χ3n) is 2.82. The molecule has 0 saturated heterocycles. The quantitative estimate of drug-likeness (QED) is 0.788. The largest absolute Gasteiger partial charge is 0.379 e. The lowest BCUT2D eigenvalue weighted by Gasteiger charge is -2.31. The van der Waals surface area contributed by atoms with Gasteiger partial charge in [-0.25, -0.2) is 0 Å². The Hall–Kier alpha value is -1.43. The summed E-state index contributed by atoms with van der Waals surface area (Å²) in [5.74, 6) is -0.204. The third-order valence-corrected chi connectivity index (χ3v) is 2.82. The number of rotatable bonds is 5. The summed E-state index contributed by atoms with van der Waals surface area (Å²) in [4.78, 5) is 17.5. The number of amides is 1. The van der Waals surface area contributed by atoms with Crippen LogP contribution in [0.4, 0.5) is 5.69 Å². The Morgan fingerprint density at radius 1 is 1.39 bits per heavy atom. The fraction of sp³-hybridized carbons (Fsp3) is 0.462. The third kappa shape index (κ3) is 2.69. The Morgan fingerprint density at radius 3 is 2.94 bits per heavy atom. The summed E-state index contributed by atoms with van der Waals surface area (Å²) < 4.78 is 5.18. The van der Waals surface area contributed by atoms with Crippen LogP contribution in [0, 0.1) is 0 Å². The standard InChI is InChI=1S/C13H18N2O3/c1-2-17-7-8-18-15-12-6-4-3-5-10(12)9-11(14)13(15)16/h3-6,11H,2,7-9,14H2,1H3/t11-/m0/s1. The highest BCUT2D eigenvalue weighted by atomic mass is 16.7. The predicted molar refractivity (Wildman–Crippen MR) is 68.1 cm³/mol. The fourth-order valence-corrected chi connectivity index (χ4v) is 1.94. The number of hydrogen-bond donors (Lipinski definition) is 1. The SMILES string of the molecule is CCOCCON1C(=O)[C@@H](N)Cc2ccccc21. The number of anilines is 1. The van der Waals surface area contributed by atoms with Crippen molar-refractivity contribution in [3.05, 3.63) is 29.8 Å². The van der Waals surface area contributed by atoms with Crippen LogP contribution in [0.5, 0.6) is 0 Å². The van der Waals surface area contributed by atoms with Gasteiger partial charge in [-0.2, -0.15) is 5.06 Å². The number of hydroxylamine groups is 1. The van der Waals surface area contributed by atoms with E-state index in [-0.39, 0.29) is 5.91 Å². The van der Waals surface area contributed by atoms with Crippen LogP contribution in [-0.4, -0.2) is 31.8 Å². The first-order chi connectivity index (χ1) is 8.74. The number of nitrogens with zero attached hydrogens (tertiary/aromatic N) is 1. The van der Waals surface area contributed by atoms with E-state index in [9.17, 15) is 4.79 Å². The summed E-state index contributed by atoms with van der Waals surface area (Å²) in [5, 5.41) is 1.29. The molecule has 1 aromatic carbocycles. The van der Waals surface area contributed by atoms with Crippen molar-refractivity contribution < 1.29 is 14.4 Å². The van der Waals surface area contributed by atoms with Crippen LogP contribution in [0.1, 0.15) is 12.5 Å². The molecule has 0 radical (unpaired) electrons. The Bertz CT molecular complexity index is 422. The summed E-state index contributed by atoms with van der Waals surface area (Å²) in [6.45, 7) is 3.34. The molecule has 1 atom stereocenters. The van der Waals surface area contributed by atoms with Crippen LogP contribution in [0.3, 0.4) is 0 Å². The van der Waals surface area contributed by atoms with Gasteiger partial charge in [-0.1, -0.05) is 18.2 Å². The Morgan fingerprint density at radius 2 is 2.17 bits per heavy atom. The molecule has 5 heteroatoms. The molecule has 0 fully saturated rings. The predicted octanol–water partition coefficient (Wildman–Crippen LogP) is 0.871. The van der Waals surface area contributed by atoms with Crippen LogP contribution in [0.15, 0.2) is 24.3 Å². The highest BCUT2D eigenvalue weighted by Gasteiger charge is 2.31. The molecule has 1 aliphatic rings. The van der Waals surface area contributed by atoms with Gasteiger partial charge in [-0.15, -0.1) is 0 Å². The first kappa shape index (κ1) is 13.0. The molecule has 0 spiro atoms. The van der Waals surface area contributed by atoms with Gasteiger partial charge in [-0.05, 0) is 25.0 Å². The van der Waals surface area contributed by atoms with E-state index in [2.05, 4.69) is 0 Å². The highest BCUT2D eigenvalue weighted by Crippen LogP contribution is 2.27. The Kier molecular flexibility index (Phi) is 4.30. The zero-order valence-electron chi connectivity index (χ0n) is 10.5. The molecule has 0 unspecified atom stereocenters. The molecule has 1 aromatic rings. The van der Waals surface area contributed by atoms with Crippen molar-refractivity contribution in [3.8, 4) is 0 Å². The van der Waals surface area contributed by atoms with Gasteiger partial charge in [0.25, 0.3) is 5.91 Å². The van der Waals surface area contributed by atoms with Gasteiger partial charge < -0.3 is 10.5 Å². The normalized spacial score (nSPS) is 18.9. The average molecular weight is 250 g/mol. The summed E-state index contributed by atoms with van der Waals surface area (Å²) in [7, 11) is 0. The van der Waals surface area contributed by atoms with Gasteiger partial charge in [0.2, 0.25) is 0 Å². The van der Waals surface area contributed by atoms with Crippen molar-refractivity contribution in [2.75, 3.05) is 24.9 Å². The molecule has 5 nitrogen and oxygen atoms in total. The van der Waals surface area contributed by atoms with Crippen molar-refractivity contribution in [1.29, 1.82) is 0 Å². The van der Waals surface area contributed by atoms with Crippen LogP contribution < -0.4 is 10.8 Å². The zero-order valence-corrected chi connectivity index (χ0v) is 10.5. The maximum absolute atomic E-state index is 12.0. The number of fused-ring (bicyclic) bond motifs is 1. The molecule has 2 rings (SSSR count). The number of ether oxygens (including phenoxy) is 1. The Balaban J connectivity index is 2.09. The molecule has 0 saturated carbocycles. The van der Waals surface area contributed by atoms with Gasteiger partial charge in [-0.3, -0.25) is 9.63 Å². The van der Waals surface area contributed by atoms with E-state index >= 15 is 0 Å². The zero-order chi connectivity index (χ0) is 13.0. The number of carbonyl (C=O) groups is 1. The van der Waals surface area contributed by atoms with Crippen molar-refractivity contribution in [1.82, 2.24) is 0 Å². The summed E-state index contributed by atoms with van der Waals surface area (Å²) in [6, 6.07) is 7.09. The van der Waals surface area contributed by atoms with E-state index < -0.39 is 6.04 Å². The molecule has 0 bridgehead atoms. The molecule has 0 aromatic heterocycles. The molecule has 1 amide bonds. The average Bonchev–Trinajstić information content (AvgIpc) is 2.38.